The van der Waals surface area contributed by atoms with E-state index in [0.717, 1.165) is 0 Å². The van der Waals surface area contributed by atoms with Gasteiger partial charge in [0.2, 0.25) is 5.28 Å². The normalized spacial score (nSPS) is 8.87. The highest BCUT2D eigenvalue weighted by atomic mass is 35.5. The zero-order valence-corrected chi connectivity index (χ0v) is 9.70. The molecule has 0 atom stereocenters. The summed E-state index contributed by atoms with van der Waals surface area (Å²) in [7, 11) is 1.28. The predicted octanol–water partition coefficient (Wildman–Crippen LogP) is 2.38. The van der Waals surface area contributed by atoms with Crippen molar-refractivity contribution in [2.45, 2.75) is 20.8 Å². The lowest BCUT2D eigenvalue weighted by atomic mass is 10.4. The molecule has 0 aliphatic rings. The van der Waals surface area contributed by atoms with Gasteiger partial charge >= 0.3 is 5.69 Å². The molecule has 0 N–H and O–H groups in total. The van der Waals surface area contributed by atoms with Gasteiger partial charge in [-0.1, -0.05) is 13.8 Å². The van der Waals surface area contributed by atoms with Crippen LogP contribution in [0.4, 0.5) is 5.69 Å². The van der Waals surface area contributed by atoms with Gasteiger partial charge in [-0.3, -0.25) is 10.1 Å². The number of halogens is 1. The number of ether oxygens (including phenoxy) is 1. The van der Waals surface area contributed by atoms with E-state index in [1.807, 2.05) is 13.8 Å². The number of methoxy groups -OCH3 is 1. The maximum atomic E-state index is 10.5. The molecule has 0 aromatic carbocycles. The first-order chi connectivity index (χ1) is 7.06. The third-order valence-electron chi connectivity index (χ3n) is 1.37. The summed E-state index contributed by atoms with van der Waals surface area (Å²) in [4.78, 5) is 17.1. The molecule has 1 aromatic rings. The maximum absolute atomic E-state index is 10.5. The van der Waals surface area contributed by atoms with Gasteiger partial charge in [0.1, 0.15) is 5.69 Å². The molecule has 7 heteroatoms. The minimum absolute atomic E-state index is 0.0695. The molecule has 0 spiro atoms. The van der Waals surface area contributed by atoms with E-state index < -0.39 is 4.92 Å². The summed E-state index contributed by atoms with van der Waals surface area (Å²) in [6, 6.07) is 0. The van der Waals surface area contributed by atoms with E-state index in [2.05, 4.69) is 9.97 Å². The van der Waals surface area contributed by atoms with Crippen molar-refractivity contribution >= 4 is 17.3 Å². The summed E-state index contributed by atoms with van der Waals surface area (Å²) in [6.07, 6.45) is 0. The molecule has 1 aromatic heterocycles. The van der Waals surface area contributed by atoms with Gasteiger partial charge in [0.05, 0.1) is 12.0 Å². The Kier molecular flexibility index (Phi) is 5.54. The number of nitro groups is 1. The van der Waals surface area contributed by atoms with E-state index >= 15 is 0 Å². The average Bonchev–Trinajstić information content (AvgIpc) is 2.18. The highest BCUT2D eigenvalue weighted by molar-refractivity contribution is 6.28. The average molecular weight is 234 g/mol. The Labute approximate surface area is 92.4 Å². The Bertz CT molecular complexity index is 357. The Balaban J connectivity index is 0.000000921. The molecular formula is C8H12ClN3O3. The topological polar surface area (TPSA) is 78.2 Å². The van der Waals surface area contributed by atoms with Crippen LogP contribution in [0.25, 0.3) is 0 Å². The van der Waals surface area contributed by atoms with E-state index in [4.69, 9.17) is 16.3 Å². The zero-order chi connectivity index (χ0) is 12.0. The fraction of sp³-hybridized carbons (Fsp3) is 0.500. The van der Waals surface area contributed by atoms with Gasteiger partial charge < -0.3 is 4.74 Å². The Morgan fingerprint density at radius 1 is 1.40 bits per heavy atom. The summed E-state index contributed by atoms with van der Waals surface area (Å²) in [6.45, 7) is 5.47. The molecule has 1 rings (SSSR count). The third-order valence-corrected chi connectivity index (χ3v) is 1.54. The van der Waals surface area contributed by atoms with Crippen molar-refractivity contribution in [3.8, 4) is 5.88 Å². The van der Waals surface area contributed by atoms with Crippen LogP contribution >= 0.6 is 11.6 Å². The zero-order valence-electron chi connectivity index (χ0n) is 8.94. The van der Waals surface area contributed by atoms with Gasteiger partial charge in [0.25, 0.3) is 5.88 Å². The van der Waals surface area contributed by atoms with Gasteiger partial charge in [-0.05, 0) is 18.5 Å². The molecule has 0 aliphatic carbocycles. The van der Waals surface area contributed by atoms with E-state index in [1.165, 1.54) is 14.0 Å². The van der Waals surface area contributed by atoms with Gasteiger partial charge in [0, 0.05) is 0 Å². The molecular weight excluding hydrogens is 222 g/mol. The highest BCUT2D eigenvalue weighted by Gasteiger charge is 2.22. The number of aryl methyl sites for hydroxylation is 1. The summed E-state index contributed by atoms with van der Waals surface area (Å²) in [5, 5.41) is 10.4. The van der Waals surface area contributed by atoms with Crippen molar-refractivity contribution < 1.29 is 9.66 Å². The van der Waals surface area contributed by atoms with Crippen LogP contribution in [-0.2, 0) is 0 Å². The second-order valence-electron chi connectivity index (χ2n) is 2.19. The Morgan fingerprint density at radius 3 is 2.33 bits per heavy atom. The smallest absolute Gasteiger partial charge is 0.351 e. The monoisotopic (exact) mass is 233 g/mol. The number of hydrogen-bond acceptors (Lipinski definition) is 5. The first kappa shape index (κ1) is 13.6. The predicted molar refractivity (Wildman–Crippen MR) is 56.3 cm³/mol. The van der Waals surface area contributed by atoms with Crippen LogP contribution < -0.4 is 4.74 Å². The molecule has 0 aliphatic heterocycles. The molecule has 0 amide bonds. The molecule has 0 unspecified atom stereocenters. The van der Waals surface area contributed by atoms with Gasteiger partial charge in [-0.15, -0.1) is 0 Å². The number of rotatable bonds is 2. The summed E-state index contributed by atoms with van der Waals surface area (Å²) < 4.78 is 4.69. The Morgan fingerprint density at radius 2 is 1.93 bits per heavy atom. The minimum atomic E-state index is -0.607. The van der Waals surface area contributed by atoms with Crippen LogP contribution in [0.5, 0.6) is 5.88 Å². The van der Waals surface area contributed by atoms with Crippen LogP contribution in [0, 0.1) is 17.0 Å². The van der Waals surface area contributed by atoms with Crippen LogP contribution in [0.1, 0.15) is 19.5 Å². The van der Waals surface area contributed by atoms with Crippen molar-refractivity contribution in [3.63, 3.8) is 0 Å². The molecule has 0 bridgehead atoms. The van der Waals surface area contributed by atoms with Crippen LogP contribution in [0.15, 0.2) is 0 Å². The molecule has 15 heavy (non-hydrogen) atoms. The van der Waals surface area contributed by atoms with Crippen molar-refractivity contribution in [2.24, 2.45) is 0 Å². The molecule has 6 nitrogen and oxygen atoms in total. The molecule has 0 radical (unpaired) electrons. The molecule has 1 heterocycles. The lowest BCUT2D eigenvalue weighted by Gasteiger charge is -2.01. The quantitative estimate of drug-likeness (QED) is 0.445. The lowest BCUT2D eigenvalue weighted by Crippen LogP contribution is -2.01. The van der Waals surface area contributed by atoms with Crippen LogP contribution in [0.2, 0.25) is 5.28 Å². The molecule has 0 saturated carbocycles. The molecule has 0 saturated heterocycles. The summed E-state index contributed by atoms with van der Waals surface area (Å²) >= 11 is 5.48. The van der Waals surface area contributed by atoms with Crippen molar-refractivity contribution in [1.82, 2.24) is 9.97 Å². The summed E-state index contributed by atoms with van der Waals surface area (Å²) in [5.74, 6) is -0.123. The van der Waals surface area contributed by atoms with Gasteiger partial charge in [-0.2, -0.15) is 4.98 Å². The fourth-order valence-corrected chi connectivity index (χ4v) is 1.06. The van der Waals surface area contributed by atoms with Crippen molar-refractivity contribution in [3.05, 3.63) is 21.1 Å². The first-order valence-corrected chi connectivity index (χ1v) is 4.66. The van der Waals surface area contributed by atoms with E-state index in [9.17, 15) is 10.1 Å². The van der Waals surface area contributed by atoms with Crippen molar-refractivity contribution in [1.29, 1.82) is 0 Å². The van der Waals surface area contributed by atoms with E-state index in [-0.39, 0.29) is 22.5 Å². The largest absolute Gasteiger partial charge is 0.476 e. The van der Waals surface area contributed by atoms with E-state index in [0.29, 0.717) is 0 Å². The highest BCUT2D eigenvalue weighted by Crippen LogP contribution is 2.27. The summed E-state index contributed by atoms with van der Waals surface area (Å²) in [5.41, 5.74) is -0.0752. The second-order valence-corrected chi connectivity index (χ2v) is 2.53. The number of aromatic nitrogens is 2. The van der Waals surface area contributed by atoms with E-state index in [1.54, 1.807) is 0 Å². The fourth-order valence-electron chi connectivity index (χ4n) is 0.860. The number of hydrogen-bond donors (Lipinski definition) is 0. The van der Waals surface area contributed by atoms with Crippen LogP contribution in [-0.4, -0.2) is 22.0 Å². The standard InChI is InChI=1S/C6H6ClN3O3.C2H6/c1-3-4(10(11)12)5(13-2)9-6(7)8-3;1-2/h1-2H3;1-2H3. The second kappa shape index (κ2) is 6.13. The Hall–Kier alpha value is -1.43. The van der Waals surface area contributed by atoms with Gasteiger partial charge in [-0.25, -0.2) is 4.98 Å². The van der Waals surface area contributed by atoms with Crippen LogP contribution in [0.3, 0.4) is 0 Å². The SMILES string of the molecule is CC.COc1nc(Cl)nc(C)c1[N+](=O)[O-]. The first-order valence-electron chi connectivity index (χ1n) is 4.28. The van der Waals surface area contributed by atoms with Crippen molar-refractivity contribution in [2.75, 3.05) is 7.11 Å². The lowest BCUT2D eigenvalue weighted by molar-refractivity contribution is -0.387. The maximum Gasteiger partial charge on any atom is 0.351 e. The number of nitrogens with zero attached hydrogens (tertiary/aromatic N) is 3. The minimum Gasteiger partial charge on any atom is -0.476 e. The molecule has 84 valence electrons. The molecule has 0 fully saturated rings. The van der Waals surface area contributed by atoms with Gasteiger partial charge in [0.15, 0.2) is 0 Å². The third kappa shape index (κ3) is 3.32.